The van der Waals surface area contributed by atoms with E-state index in [1.165, 1.54) is 5.56 Å². The van der Waals surface area contributed by atoms with Gasteiger partial charge in [-0.25, -0.2) is 4.79 Å². The Morgan fingerprint density at radius 2 is 1.74 bits per heavy atom. The molecule has 0 radical (unpaired) electrons. The van der Waals surface area contributed by atoms with Gasteiger partial charge in [-0.15, -0.1) is 0 Å². The first-order valence-corrected chi connectivity index (χ1v) is 12.0. The molecule has 6 nitrogen and oxygen atoms in total. The molecule has 1 unspecified atom stereocenters. The number of hydrogen-bond acceptors (Lipinski definition) is 5. The summed E-state index contributed by atoms with van der Waals surface area (Å²) in [6.45, 7) is 4.41. The standard InChI is InChI=1S/C28H31N3O3/c32-27-31(19-23-9-2-1-3-10-23)22-28(34-27)14-8-17-30(18-15-28)20-24-11-4-5-13-26(24)33-21-25-12-6-7-16-29-25/h1-7,9-13,16H,8,14-15,17-22H2. The maximum absolute atomic E-state index is 12.6. The van der Waals surface area contributed by atoms with Crippen LogP contribution in [-0.4, -0.2) is 46.1 Å². The summed E-state index contributed by atoms with van der Waals surface area (Å²) in [6, 6.07) is 24.2. The smallest absolute Gasteiger partial charge is 0.410 e. The molecule has 6 heteroatoms. The van der Waals surface area contributed by atoms with Crippen LogP contribution in [0, 0.1) is 0 Å². The first kappa shape index (κ1) is 22.4. The highest BCUT2D eigenvalue weighted by molar-refractivity contribution is 5.70. The molecule has 0 aliphatic carbocycles. The molecule has 3 heterocycles. The molecule has 2 fully saturated rings. The van der Waals surface area contributed by atoms with Crippen molar-refractivity contribution >= 4 is 6.09 Å². The number of benzene rings is 2. The summed E-state index contributed by atoms with van der Waals surface area (Å²) in [5, 5.41) is 0. The highest BCUT2D eigenvalue weighted by Gasteiger charge is 2.45. The van der Waals surface area contributed by atoms with E-state index in [1.54, 1.807) is 6.20 Å². The molecule has 0 bridgehead atoms. The van der Waals surface area contributed by atoms with E-state index in [4.69, 9.17) is 9.47 Å². The van der Waals surface area contributed by atoms with Crippen molar-refractivity contribution < 1.29 is 14.3 Å². The SMILES string of the molecule is O=C1OC2(CCCN(Cc3ccccc3OCc3ccccn3)CC2)CN1Cc1ccccc1. The Morgan fingerprint density at radius 3 is 2.59 bits per heavy atom. The van der Waals surface area contributed by atoms with E-state index in [2.05, 4.69) is 34.1 Å². The van der Waals surface area contributed by atoms with Crippen LogP contribution >= 0.6 is 0 Å². The zero-order valence-electron chi connectivity index (χ0n) is 19.4. The topological polar surface area (TPSA) is 54.9 Å². The van der Waals surface area contributed by atoms with Gasteiger partial charge in [-0.2, -0.15) is 0 Å². The summed E-state index contributed by atoms with van der Waals surface area (Å²) in [7, 11) is 0. The van der Waals surface area contributed by atoms with Gasteiger partial charge in [0.05, 0.1) is 12.2 Å². The molecule has 176 valence electrons. The molecular weight excluding hydrogens is 426 g/mol. The number of nitrogens with zero attached hydrogens (tertiary/aromatic N) is 3. The Labute approximate surface area is 201 Å². The number of amides is 1. The number of rotatable bonds is 7. The number of aromatic nitrogens is 1. The Balaban J connectivity index is 1.19. The minimum absolute atomic E-state index is 0.189. The molecule has 1 aromatic heterocycles. The number of carbonyl (C=O) groups is 1. The number of ether oxygens (including phenoxy) is 2. The third kappa shape index (κ3) is 5.39. The molecule has 2 aliphatic heterocycles. The fourth-order valence-electron chi connectivity index (χ4n) is 4.91. The predicted octanol–water partition coefficient (Wildman–Crippen LogP) is 5.04. The van der Waals surface area contributed by atoms with Gasteiger partial charge in [0.25, 0.3) is 0 Å². The van der Waals surface area contributed by atoms with Gasteiger partial charge >= 0.3 is 6.09 Å². The van der Waals surface area contributed by atoms with Gasteiger partial charge in [0.15, 0.2) is 0 Å². The lowest BCUT2D eigenvalue weighted by Crippen LogP contribution is -2.35. The second kappa shape index (κ2) is 10.3. The number of hydrogen-bond donors (Lipinski definition) is 0. The van der Waals surface area contributed by atoms with Gasteiger partial charge in [-0.3, -0.25) is 14.8 Å². The van der Waals surface area contributed by atoms with Crippen LogP contribution in [-0.2, 0) is 24.4 Å². The Bertz CT molecular complexity index is 1090. The van der Waals surface area contributed by atoms with Crippen LogP contribution < -0.4 is 4.74 Å². The molecule has 1 atom stereocenters. The van der Waals surface area contributed by atoms with Crippen LogP contribution in [0.2, 0.25) is 0 Å². The number of para-hydroxylation sites is 1. The molecule has 1 spiro atoms. The predicted molar refractivity (Wildman–Crippen MR) is 130 cm³/mol. The molecule has 0 saturated carbocycles. The highest BCUT2D eigenvalue weighted by atomic mass is 16.6. The van der Waals surface area contributed by atoms with Crippen molar-refractivity contribution in [3.63, 3.8) is 0 Å². The van der Waals surface area contributed by atoms with E-state index in [0.717, 1.165) is 55.9 Å². The first-order valence-electron chi connectivity index (χ1n) is 12.0. The lowest BCUT2D eigenvalue weighted by atomic mass is 9.95. The normalized spacial score (nSPS) is 20.8. The van der Waals surface area contributed by atoms with Gasteiger partial charge in [0.2, 0.25) is 0 Å². The fraction of sp³-hybridized carbons (Fsp3) is 0.357. The number of likely N-dealkylation sites (tertiary alicyclic amines) is 1. The van der Waals surface area contributed by atoms with Crippen LogP contribution in [0.15, 0.2) is 79.0 Å². The third-order valence-corrected chi connectivity index (χ3v) is 6.72. The summed E-state index contributed by atoms with van der Waals surface area (Å²) in [5.74, 6) is 0.897. The second-order valence-electron chi connectivity index (χ2n) is 9.24. The van der Waals surface area contributed by atoms with Crippen molar-refractivity contribution in [1.82, 2.24) is 14.8 Å². The first-order chi connectivity index (χ1) is 16.7. The van der Waals surface area contributed by atoms with E-state index in [0.29, 0.717) is 19.7 Å². The lowest BCUT2D eigenvalue weighted by molar-refractivity contribution is 0.0443. The summed E-state index contributed by atoms with van der Waals surface area (Å²) in [5.41, 5.74) is 2.84. The molecule has 34 heavy (non-hydrogen) atoms. The maximum Gasteiger partial charge on any atom is 0.410 e. The summed E-state index contributed by atoms with van der Waals surface area (Å²) in [6.07, 6.45) is 4.35. The third-order valence-electron chi connectivity index (χ3n) is 6.72. The summed E-state index contributed by atoms with van der Waals surface area (Å²) in [4.78, 5) is 21.3. The molecule has 2 aromatic carbocycles. The number of carbonyl (C=O) groups excluding carboxylic acids is 1. The molecule has 5 rings (SSSR count). The molecule has 0 N–H and O–H groups in total. The zero-order chi connectivity index (χ0) is 23.2. The zero-order valence-corrected chi connectivity index (χ0v) is 19.4. The van der Waals surface area contributed by atoms with Gasteiger partial charge in [-0.05, 0) is 43.1 Å². The molecule has 3 aromatic rings. The van der Waals surface area contributed by atoms with Crippen LogP contribution in [0.4, 0.5) is 4.79 Å². The number of pyridine rings is 1. The van der Waals surface area contributed by atoms with E-state index < -0.39 is 0 Å². The summed E-state index contributed by atoms with van der Waals surface area (Å²) < 4.78 is 12.1. The molecule has 2 aliphatic rings. The van der Waals surface area contributed by atoms with Gasteiger partial charge < -0.3 is 9.47 Å². The largest absolute Gasteiger partial charge is 0.487 e. The Hall–Kier alpha value is -3.38. The van der Waals surface area contributed by atoms with E-state index in [-0.39, 0.29) is 11.7 Å². The van der Waals surface area contributed by atoms with E-state index in [1.807, 2.05) is 53.4 Å². The van der Waals surface area contributed by atoms with E-state index >= 15 is 0 Å². The van der Waals surface area contributed by atoms with E-state index in [9.17, 15) is 4.79 Å². The van der Waals surface area contributed by atoms with Crippen LogP contribution in [0.1, 0.15) is 36.1 Å². The molecule has 2 saturated heterocycles. The van der Waals surface area contributed by atoms with Crippen molar-refractivity contribution in [2.75, 3.05) is 19.6 Å². The van der Waals surface area contributed by atoms with Crippen molar-refractivity contribution in [2.45, 2.75) is 44.6 Å². The van der Waals surface area contributed by atoms with Crippen molar-refractivity contribution in [2.24, 2.45) is 0 Å². The van der Waals surface area contributed by atoms with Crippen LogP contribution in [0.3, 0.4) is 0 Å². The van der Waals surface area contributed by atoms with Gasteiger partial charge in [0, 0.05) is 37.8 Å². The average Bonchev–Trinajstić information content (AvgIpc) is 3.04. The minimum Gasteiger partial charge on any atom is -0.487 e. The highest BCUT2D eigenvalue weighted by Crippen LogP contribution is 2.34. The molecular formula is C28H31N3O3. The van der Waals surface area contributed by atoms with Crippen molar-refractivity contribution in [1.29, 1.82) is 0 Å². The lowest BCUT2D eigenvalue weighted by Gasteiger charge is -2.26. The van der Waals surface area contributed by atoms with Gasteiger partial charge in [-0.1, -0.05) is 54.6 Å². The second-order valence-corrected chi connectivity index (χ2v) is 9.24. The Morgan fingerprint density at radius 1 is 0.912 bits per heavy atom. The van der Waals surface area contributed by atoms with Crippen molar-refractivity contribution in [3.05, 3.63) is 95.8 Å². The average molecular weight is 458 g/mol. The quantitative estimate of drug-likeness (QED) is 0.498. The monoisotopic (exact) mass is 457 g/mol. The fourth-order valence-corrected chi connectivity index (χ4v) is 4.91. The molecule has 1 amide bonds. The van der Waals surface area contributed by atoms with Crippen molar-refractivity contribution in [3.8, 4) is 5.75 Å². The van der Waals surface area contributed by atoms with Gasteiger partial charge in [0.1, 0.15) is 18.0 Å². The minimum atomic E-state index is -0.379. The summed E-state index contributed by atoms with van der Waals surface area (Å²) >= 11 is 0. The van der Waals surface area contributed by atoms with Crippen LogP contribution in [0.25, 0.3) is 0 Å². The van der Waals surface area contributed by atoms with Crippen LogP contribution in [0.5, 0.6) is 5.75 Å². The maximum atomic E-state index is 12.6. The Kier molecular flexibility index (Phi) is 6.77.